The summed E-state index contributed by atoms with van der Waals surface area (Å²) in [4.78, 5) is 0. The molecule has 3 nitrogen and oxygen atoms in total. The molecule has 0 saturated heterocycles. The molecule has 1 fully saturated rings. The standard InChI is InChI=1S/C15H24N2O/c1-8-5-9(2)13(15(18-4)10(8)3)14(17)11-6-12(16)7-11/h5,11-12,14H,6-7,16-17H2,1-4H3. The van der Waals surface area contributed by atoms with Crippen LogP contribution in [0.15, 0.2) is 6.07 Å². The molecule has 0 heterocycles. The van der Waals surface area contributed by atoms with Gasteiger partial charge in [-0.15, -0.1) is 0 Å². The first kappa shape index (κ1) is 13.4. The zero-order valence-corrected chi connectivity index (χ0v) is 11.8. The third kappa shape index (κ3) is 2.13. The molecule has 1 aromatic carbocycles. The lowest BCUT2D eigenvalue weighted by Crippen LogP contribution is -2.42. The van der Waals surface area contributed by atoms with Gasteiger partial charge in [0.05, 0.1) is 7.11 Å². The second-order valence-corrected chi connectivity index (χ2v) is 5.60. The summed E-state index contributed by atoms with van der Waals surface area (Å²) in [5, 5.41) is 0. The lowest BCUT2D eigenvalue weighted by Gasteiger charge is -2.38. The van der Waals surface area contributed by atoms with Crippen molar-refractivity contribution in [2.24, 2.45) is 17.4 Å². The smallest absolute Gasteiger partial charge is 0.127 e. The van der Waals surface area contributed by atoms with Gasteiger partial charge in [-0.2, -0.15) is 0 Å². The number of ether oxygens (including phenoxy) is 1. The van der Waals surface area contributed by atoms with Crippen molar-refractivity contribution in [3.05, 3.63) is 28.3 Å². The van der Waals surface area contributed by atoms with Crippen LogP contribution in [-0.4, -0.2) is 13.2 Å². The van der Waals surface area contributed by atoms with E-state index in [9.17, 15) is 0 Å². The van der Waals surface area contributed by atoms with Crippen molar-refractivity contribution in [2.45, 2.75) is 45.7 Å². The van der Waals surface area contributed by atoms with Crippen molar-refractivity contribution in [1.29, 1.82) is 0 Å². The lowest BCUT2D eigenvalue weighted by molar-refractivity contribution is 0.220. The first-order valence-electron chi connectivity index (χ1n) is 6.61. The first-order valence-corrected chi connectivity index (χ1v) is 6.61. The fourth-order valence-corrected chi connectivity index (χ4v) is 2.99. The molecule has 1 unspecified atom stereocenters. The summed E-state index contributed by atoms with van der Waals surface area (Å²) in [6.45, 7) is 6.32. The van der Waals surface area contributed by atoms with Gasteiger partial charge < -0.3 is 16.2 Å². The Bertz CT molecular complexity index is 450. The van der Waals surface area contributed by atoms with Crippen molar-refractivity contribution < 1.29 is 4.74 Å². The number of methoxy groups -OCH3 is 1. The maximum absolute atomic E-state index is 6.42. The molecule has 1 saturated carbocycles. The highest BCUT2D eigenvalue weighted by Gasteiger charge is 2.34. The van der Waals surface area contributed by atoms with Crippen LogP contribution in [-0.2, 0) is 0 Å². The quantitative estimate of drug-likeness (QED) is 0.863. The molecule has 3 heteroatoms. The highest BCUT2D eigenvalue weighted by atomic mass is 16.5. The van der Waals surface area contributed by atoms with Crippen LogP contribution in [0.5, 0.6) is 5.75 Å². The SMILES string of the molecule is COc1c(C)c(C)cc(C)c1C(N)C1CC(N)C1. The van der Waals surface area contributed by atoms with E-state index in [2.05, 4.69) is 26.8 Å². The Labute approximate surface area is 110 Å². The lowest BCUT2D eigenvalue weighted by atomic mass is 9.73. The maximum Gasteiger partial charge on any atom is 0.127 e. The molecule has 0 bridgehead atoms. The highest BCUT2D eigenvalue weighted by molar-refractivity contribution is 5.51. The Morgan fingerprint density at radius 3 is 2.33 bits per heavy atom. The Morgan fingerprint density at radius 2 is 1.83 bits per heavy atom. The van der Waals surface area contributed by atoms with Gasteiger partial charge in [0.15, 0.2) is 0 Å². The monoisotopic (exact) mass is 248 g/mol. The van der Waals surface area contributed by atoms with Gasteiger partial charge in [0.2, 0.25) is 0 Å². The van der Waals surface area contributed by atoms with Gasteiger partial charge in [-0.25, -0.2) is 0 Å². The highest BCUT2D eigenvalue weighted by Crippen LogP contribution is 2.41. The van der Waals surface area contributed by atoms with Crippen molar-refractivity contribution in [3.63, 3.8) is 0 Å². The minimum absolute atomic E-state index is 0.0408. The number of aryl methyl sites for hydroxylation is 2. The minimum Gasteiger partial charge on any atom is -0.496 e. The van der Waals surface area contributed by atoms with Crippen molar-refractivity contribution in [2.75, 3.05) is 7.11 Å². The van der Waals surface area contributed by atoms with E-state index >= 15 is 0 Å². The molecule has 0 aliphatic heterocycles. The molecule has 4 N–H and O–H groups in total. The van der Waals surface area contributed by atoms with Crippen LogP contribution in [0.1, 0.15) is 41.1 Å². The summed E-state index contributed by atoms with van der Waals surface area (Å²) in [5.41, 5.74) is 17.1. The summed E-state index contributed by atoms with van der Waals surface area (Å²) in [6.07, 6.45) is 2.05. The van der Waals surface area contributed by atoms with E-state index in [-0.39, 0.29) is 6.04 Å². The van der Waals surface area contributed by atoms with Gasteiger partial charge in [0.1, 0.15) is 5.75 Å². The predicted molar refractivity (Wildman–Crippen MR) is 74.8 cm³/mol. The Kier molecular flexibility index (Phi) is 3.64. The topological polar surface area (TPSA) is 61.3 Å². The molecular weight excluding hydrogens is 224 g/mol. The molecule has 1 aliphatic rings. The van der Waals surface area contributed by atoms with Gasteiger partial charge in [-0.05, 0) is 56.2 Å². The molecular formula is C15H24N2O. The normalized spacial score (nSPS) is 24.6. The van der Waals surface area contributed by atoms with E-state index in [1.54, 1.807) is 7.11 Å². The second kappa shape index (κ2) is 4.90. The third-order valence-corrected chi connectivity index (χ3v) is 4.29. The molecule has 0 amide bonds. The van der Waals surface area contributed by atoms with E-state index in [0.717, 1.165) is 24.2 Å². The van der Waals surface area contributed by atoms with Crippen LogP contribution in [0, 0.1) is 26.7 Å². The summed E-state index contributed by atoms with van der Waals surface area (Å²) < 4.78 is 5.59. The molecule has 100 valence electrons. The summed E-state index contributed by atoms with van der Waals surface area (Å²) in [6, 6.07) is 2.57. The molecule has 0 radical (unpaired) electrons. The van der Waals surface area contributed by atoms with Crippen LogP contribution < -0.4 is 16.2 Å². The molecule has 2 rings (SSSR count). The van der Waals surface area contributed by atoms with Crippen LogP contribution in [0.4, 0.5) is 0 Å². The van der Waals surface area contributed by atoms with Gasteiger partial charge in [0.25, 0.3) is 0 Å². The molecule has 1 aromatic rings. The Morgan fingerprint density at radius 1 is 1.22 bits per heavy atom. The number of benzene rings is 1. The number of hydrogen-bond acceptors (Lipinski definition) is 3. The third-order valence-electron chi connectivity index (χ3n) is 4.29. The van der Waals surface area contributed by atoms with E-state index in [1.165, 1.54) is 16.7 Å². The average molecular weight is 248 g/mol. The molecule has 1 aliphatic carbocycles. The fraction of sp³-hybridized carbons (Fsp3) is 0.600. The fourth-order valence-electron chi connectivity index (χ4n) is 2.99. The first-order chi connectivity index (χ1) is 8.45. The summed E-state index contributed by atoms with van der Waals surface area (Å²) >= 11 is 0. The molecule has 0 spiro atoms. The molecule has 1 atom stereocenters. The van der Waals surface area contributed by atoms with E-state index in [4.69, 9.17) is 16.2 Å². The number of hydrogen-bond donors (Lipinski definition) is 2. The number of nitrogens with two attached hydrogens (primary N) is 2. The Hall–Kier alpha value is -1.06. The van der Waals surface area contributed by atoms with E-state index in [0.29, 0.717) is 12.0 Å². The molecule has 0 aromatic heterocycles. The van der Waals surface area contributed by atoms with Crippen LogP contribution in [0.2, 0.25) is 0 Å². The van der Waals surface area contributed by atoms with Crippen LogP contribution >= 0.6 is 0 Å². The zero-order chi connectivity index (χ0) is 13.4. The van der Waals surface area contributed by atoms with E-state index < -0.39 is 0 Å². The van der Waals surface area contributed by atoms with Crippen molar-refractivity contribution in [3.8, 4) is 5.75 Å². The van der Waals surface area contributed by atoms with Crippen molar-refractivity contribution in [1.82, 2.24) is 0 Å². The summed E-state index contributed by atoms with van der Waals surface area (Å²) in [7, 11) is 1.73. The maximum atomic E-state index is 6.42. The van der Waals surface area contributed by atoms with Gasteiger partial charge >= 0.3 is 0 Å². The number of rotatable bonds is 3. The second-order valence-electron chi connectivity index (χ2n) is 5.60. The van der Waals surface area contributed by atoms with Gasteiger partial charge in [-0.3, -0.25) is 0 Å². The van der Waals surface area contributed by atoms with Crippen LogP contribution in [0.3, 0.4) is 0 Å². The largest absolute Gasteiger partial charge is 0.496 e. The average Bonchev–Trinajstić information content (AvgIpc) is 2.28. The summed E-state index contributed by atoms with van der Waals surface area (Å²) in [5.74, 6) is 1.45. The van der Waals surface area contributed by atoms with E-state index in [1.807, 2.05) is 0 Å². The minimum atomic E-state index is 0.0408. The molecule has 18 heavy (non-hydrogen) atoms. The zero-order valence-electron chi connectivity index (χ0n) is 11.8. The van der Waals surface area contributed by atoms with Gasteiger partial charge in [0, 0.05) is 17.6 Å². The Balaban J connectivity index is 2.40. The van der Waals surface area contributed by atoms with Crippen molar-refractivity contribution >= 4 is 0 Å². The van der Waals surface area contributed by atoms with Gasteiger partial charge in [-0.1, -0.05) is 6.07 Å². The predicted octanol–water partition coefficient (Wildman–Crippen LogP) is 2.36. The van der Waals surface area contributed by atoms with Crippen LogP contribution in [0.25, 0.3) is 0 Å².